The van der Waals surface area contributed by atoms with Gasteiger partial charge < -0.3 is 10.1 Å². The molecule has 0 bridgehead atoms. The molecule has 2 unspecified atom stereocenters. The number of hydrogen-bond donors (Lipinski definition) is 1. The topological polar surface area (TPSA) is 21.3 Å². The molecule has 0 saturated carbocycles. The van der Waals surface area contributed by atoms with Gasteiger partial charge in [0.25, 0.3) is 0 Å². The fourth-order valence-electron chi connectivity index (χ4n) is 2.56. The van der Waals surface area contributed by atoms with E-state index in [0.717, 1.165) is 16.6 Å². The van der Waals surface area contributed by atoms with E-state index < -0.39 is 0 Å². The number of hydrogen-bond acceptors (Lipinski definition) is 2. The van der Waals surface area contributed by atoms with Crippen LogP contribution in [0, 0.1) is 0 Å². The molecule has 0 amide bonds. The molecule has 0 radical (unpaired) electrons. The summed E-state index contributed by atoms with van der Waals surface area (Å²) in [5.41, 5.74) is 2.50. The Kier molecular flexibility index (Phi) is 5.83. The van der Waals surface area contributed by atoms with Gasteiger partial charge in [-0.3, -0.25) is 0 Å². The lowest BCUT2D eigenvalue weighted by atomic mass is 10.0. The summed E-state index contributed by atoms with van der Waals surface area (Å²) in [4.78, 5) is 0. The molecule has 2 aromatic carbocycles. The van der Waals surface area contributed by atoms with Crippen LogP contribution >= 0.6 is 15.9 Å². The van der Waals surface area contributed by atoms with Crippen LogP contribution in [0.3, 0.4) is 0 Å². The van der Waals surface area contributed by atoms with Crippen molar-refractivity contribution in [3.8, 4) is 5.75 Å². The highest BCUT2D eigenvalue weighted by molar-refractivity contribution is 9.10. The third-order valence-electron chi connectivity index (χ3n) is 3.74. The molecule has 0 heterocycles. The molecule has 2 nitrogen and oxygen atoms in total. The lowest BCUT2D eigenvalue weighted by Gasteiger charge is -2.24. The molecule has 0 fully saturated rings. The van der Waals surface area contributed by atoms with E-state index in [1.54, 1.807) is 7.11 Å². The summed E-state index contributed by atoms with van der Waals surface area (Å²) in [6.07, 6.45) is 1.04. The Balaban J connectivity index is 2.16. The number of nitrogens with one attached hydrogen (secondary N) is 1. The van der Waals surface area contributed by atoms with Crippen LogP contribution in [-0.4, -0.2) is 7.11 Å². The molecule has 2 aromatic rings. The van der Waals surface area contributed by atoms with Gasteiger partial charge in [0, 0.05) is 22.1 Å². The van der Waals surface area contributed by atoms with Gasteiger partial charge in [0.1, 0.15) is 5.75 Å². The second-order valence-corrected chi connectivity index (χ2v) is 6.06. The van der Waals surface area contributed by atoms with Crippen molar-refractivity contribution in [1.82, 2.24) is 5.32 Å². The Morgan fingerprint density at radius 2 is 1.76 bits per heavy atom. The minimum Gasteiger partial charge on any atom is -0.496 e. The van der Waals surface area contributed by atoms with E-state index >= 15 is 0 Å². The van der Waals surface area contributed by atoms with Crippen LogP contribution in [0.1, 0.15) is 43.5 Å². The fourth-order valence-corrected chi connectivity index (χ4v) is 2.82. The predicted molar refractivity (Wildman–Crippen MR) is 91.7 cm³/mol. The number of benzene rings is 2. The molecule has 21 heavy (non-hydrogen) atoms. The summed E-state index contributed by atoms with van der Waals surface area (Å²) in [5.74, 6) is 0.933. The van der Waals surface area contributed by atoms with Gasteiger partial charge >= 0.3 is 0 Å². The number of para-hydroxylation sites is 1. The third kappa shape index (κ3) is 4.08. The molecule has 0 aliphatic heterocycles. The van der Waals surface area contributed by atoms with Gasteiger partial charge in [-0.25, -0.2) is 0 Å². The quantitative estimate of drug-likeness (QED) is 0.769. The first-order valence-corrected chi connectivity index (χ1v) is 8.09. The maximum absolute atomic E-state index is 5.46. The molecule has 1 N–H and O–H groups in total. The number of rotatable bonds is 6. The zero-order valence-corrected chi connectivity index (χ0v) is 14.4. The summed E-state index contributed by atoms with van der Waals surface area (Å²) in [6.45, 7) is 4.38. The zero-order valence-electron chi connectivity index (χ0n) is 12.8. The summed E-state index contributed by atoms with van der Waals surface area (Å²) in [7, 11) is 1.72. The van der Waals surface area contributed by atoms with Gasteiger partial charge in [-0.05, 0) is 37.1 Å². The minimum absolute atomic E-state index is 0.231. The van der Waals surface area contributed by atoms with Crippen molar-refractivity contribution < 1.29 is 4.74 Å². The average molecular weight is 348 g/mol. The van der Waals surface area contributed by atoms with Crippen molar-refractivity contribution in [2.75, 3.05) is 7.11 Å². The normalized spacial score (nSPS) is 13.7. The molecule has 2 atom stereocenters. The predicted octanol–water partition coefficient (Wildman–Crippen LogP) is 5.26. The molecule has 112 valence electrons. The second-order valence-electron chi connectivity index (χ2n) is 5.14. The first-order valence-electron chi connectivity index (χ1n) is 7.30. The summed E-state index contributed by atoms with van der Waals surface area (Å²) < 4.78 is 6.57. The maximum atomic E-state index is 5.46. The van der Waals surface area contributed by atoms with Gasteiger partial charge in [-0.15, -0.1) is 0 Å². The van der Waals surface area contributed by atoms with E-state index in [-0.39, 0.29) is 6.04 Å². The Morgan fingerprint density at radius 3 is 2.38 bits per heavy atom. The van der Waals surface area contributed by atoms with Crippen LogP contribution in [-0.2, 0) is 0 Å². The smallest absolute Gasteiger partial charge is 0.123 e. The SMILES string of the molecule is CCC(NC(C)c1ccccc1OC)c1ccc(Br)cc1. The lowest BCUT2D eigenvalue weighted by Crippen LogP contribution is -2.24. The highest BCUT2D eigenvalue weighted by atomic mass is 79.9. The first kappa shape index (κ1) is 16.1. The molecule has 0 aromatic heterocycles. The molecular formula is C18H22BrNO. The van der Waals surface area contributed by atoms with Gasteiger partial charge in [0.15, 0.2) is 0 Å². The van der Waals surface area contributed by atoms with Gasteiger partial charge in [-0.1, -0.05) is 53.2 Å². The number of halogens is 1. The standard InChI is InChI=1S/C18H22BrNO/c1-4-17(14-9-11-15(19)12-10-14)20-13(2)16-7-5-6-8-18(16)21-3/h5-13,17,20H,4H2,1-3H3. The highest BCUT2D eigenvalue weighted by Crippen LogP contribution is 2.28. The first-order chi connectivity index (χ1) is 10.2. The van der Waals surface area contributed by atoms with E-state index in [4.69, 9.17) is 4.74 Å². The Hall–Kier alpha value is -1.32. The average Bonchev–Trinajstić information content (AvgIpc) is 2.53. The molecule has 2 rings (SSSR count). The Bertz CT molecular complexity index is 568. The van der Waals surface area contributed by atoms with Crippen LogP contribution in [0.15, 0.2) is 53.0 Å². The molecule has 0 spiro atoms. The van der Waals surface area contributed by atoms with Crippen LogP contribution in [0.25, 0.3) is 0 Å². The Labute approximate surface area is 135 Å². The molecule has 0 aliphatic rings. The van der Waals surface area contributed by atoms with Crippen molar-refractivity contribution in [3.05, 3.63) is 64.1 Å². The monoisotopic (exact) mass is 347 g/mol. The fraction of sp³-hybridized carbons (Fsp3) is 0.333. The number of methoxy groups -OCH3 is 1. The van der Waals surface area contributed by atoms with Crippen LogP contribution < -0.4 is 10.1 Å². The molecule has 3 heteroatoms. The van der Waals surface area contributed by atoms with Crippen molar-refractivity contribution >= 4 is 15.9 Å². The van der Waals surface area contributed by atoms with E-state index in [1.807, 2.05) is 12.1 Å². The Morgan fingerprint density at radius 1 is 1.10 bits per heavy atom. The third-order valence-corrected chi connectivity index (χ3v) is 4.27. The molecule has 0 saturated heterocycles. The van der Waals surface area contributed by atoms with Crippen LogP contribution in [0.4, 0.5) is 0 Å². The summed E-state index contributed by atoms with van der Waals surface area (Å²) >= 11 is 3.49. The summed E-state index contributed by atoms with van der Waals surface area (Å²) in [6, 6.07) is 17.3. The van der Waals surface area contributed by atoms with Crippen molar-refractivity contribution in [2.45, 2.75) is 32.4 Å². The van der Waals surface area contributed by atoms with Crippen molar-refractivity contribution in [1.29, 1.82) is 0 Å². The van der Waals surface area contributed by atoms with Gasteiger partial charge in [0.2, 0.25) is 0 Å². The molecule has 0 aliphatic carbocycles. The van der Waals surface area contributed by atoms with E-state index in [9.17, 15) is 0 Å². The summed E-state index contributed by atoms with van der Waals surface area (Å²) in [5, 5.41) is 3.70. The van der Waals surface area contributed by atoms with Crippen molar-refractivity contribution in [3.63, 3.8) is 0 Å². The largest absolute Gasteiger partial charge is 0.496 e. The van der Waals surface area contributed by atoms with Gasteiger partial charge in [-0.2, -0.15) is 0 Å². The lowest BCUT2D eigenvalue weighted by molar-refractivity contribution is 0.392. The van der Waals surface area contributed by atoms with Crippen LogP contribution in [0.2, 0.25) is 0 Å². The minimum atomic E-state index is 0.231. The van der Waals surface area contributed by atoms with Crippen LogP contribution in [0.5, 0.6) is 5.75 Å². The maximum Gasteiger partial charge on any atom is 0.123 e. The van der Waals surface area contributed by atoms with E-state index in [2.05, 4.69) is 71.5 Å². The number of ether oxygens (including phenoxy) is 1. The second kappa shape index (κ2) is 7.62. The van der Waals surface area contributed by atoms with Crippen molar-refractivity contribution in [2.24, 2.45) is 0 Å². The zero-order chi connectivity index (χ0) is 15.2. The highest BCUT2D eigenvalue weighted by Gasteiger charge is 2.16. The van der Waals surface area contributed by atoms with Gasteiger partial charge in [0.05, 0.1) is 7.11 Å². The molecular weight excluding hydrogens is 326 g/mol. The van der Waals surface area contributed by atoms with E-state index in [0.29, 0.717) is 6.04 Å². The van der Waals surface area contributed by atoms with E-state index in [1.165, 1.54) is 11.1 Å².